The van der Waals surface area contributed by atoms with E-state index in [0.29, 0.717) is 0 Å². The van der Waals surface area contributed by atoms with Gasteiger partial charge in [0.1, 0.15) is 0 Å². The third-order valence-corrected chi connectivity index (χ3v) is 4.59. The zero-order valence-electron chi connectivity index (χ0n) is 11.0. The summed E-state index contributed by atoms with van der Waals surface area (Å²) in [6.45, 7) is 5.17. The van der Waals surface area contributed by atoms with Crippen molar-refractivity contribution in [1.82, 2.24) is 5.32 Å². The lowest BCUT2D eigenvalue weighted by atomic mass is 9.98. The Morgan fingerprint density at radius 2 is 2.00 bits per heavy atom. The fourth-order valence-electron chi connectivity index (χ4n) is 2.19. The van der Waals surface area contributed by atoms with Crippen molar-refractivity contribution in [2.24, 2.45) is 0 Å². The van der Waals surface area contributed by atoms with E-state index < -0.39 is 0 Å². The van der Waals surface area contributed by atoms with Crippen LogP contribution in [-0.4, -0.2) is 6.54 Å². The number of likely N-dealkylation sites (N-methyl/N-ethyl adjacent to an activating group) is 1. The van der Waals surface area contributed by atoms with Gasteiger partial charge in [0.25, 0.3) is 0 Å². The van der Waals surface area contributed by atoms with Crippen molar-refractivity contribution in [1.29, 1.82) is 0 Å². The number of aryl methyl sites for hydroxylation is 1. The van der Waals surface area contributed by atoms with Gasteiger partial charge in [0.15, 0.2) is 0 Å². The first-order valence-corrected chi connectivity index (χ1v) is 7.91. The lowest BCUT2D eigenvalue weighted by molar-refractivity contribution is 0.551. The molecule has 0 amide bonds. The van der Waals surface area contributed by atoms with E-state index in [-0.39, 0.29) is 6.04 Å². The largest absolute Gasteiger partial charge is 0.310 e. The Balaban J connectivity index is 2.26. The molecule has 2 rings (SSSR count). The Labute approximate surface area is 128 Å². The first kappa shape index (κ1) is 14.9. The van der Waals surface area contributed by atoms with Gasteiger partial charge in [0.2, 0.25) is 0 Å². The summed E-state index contributed by atoms with van der Waals surface area (Å²) in [5.74, 6) is 0. The lowest BCUT2D eigenvalue weighted by Gasteiger charge is -2.20. The van der Waals surface area contributed by atoms with Crippen LogP contribution in [-0.2, 0) is 6.42 Å². The highest BCUT2D eigenvalue weighted by molar-refractivity contribution is 7.16. The highest BCUT2D eigenvalue weighted by atomic mass is 35.5. The Morgan fingerprint density at radius 3 is 2.63 bits per heavy atom. The molecule has 1 N–H and O–H groups in total. The zero-order chi connectivity index (χ0) is 13.8. The maximum absolute atomic E-state index is 6.12. The summed E-state index contributed by atoms with van der Waals surface area (Å²) in [6, 6.07) is 10.4. The number of hydrogen-bond acceptors (Lipinski definition) is 2. The number of halogens is 2. The van der Waals surface area contributed by atoms with Crippen molar-refractivity contribution in [3.05, 3.63) is 55.7 Å². The maximum Gasteiger partial charge on any atom is 0.0931 e. The first-order valence-electron chi connectivity index (χ1n) is 6.33. The van der Waals surface area contributed by atoms with Gasteiger partial charge in [-0.3, -0.25) is 0 Å². The molecule has 0 fully saturated rings. The summed E-state index contributed by atoms with van der Waals surface area (Å²) in [6.07, 6.45) is 0.937. The van der Waals surface area contributed by atoms with Crippen LogP contribution in [0.15, 0.2) is 30.3 Å². The molecular formula is C15H17Cl2NS. The molecule has 1 unspecified atom stereocenters. The number of nitrogens with one attached hydrogen (secondary N) is 1. The monoisotopic (exact) mass is 313 g/mol. The Hall–Kier alpha value is -0.540. The van der Waals surface area contributed by atoms with E-state index in [0.717, 1.165) is 22.3 Å². The van der Waals surface area contributed by atoms with Crippen molar-refractivity contribution in [2.45, 2.75) is 26.3 Å². The first-order chi connectivity index (χ1) is 9.10. The van der Waals surface area contributed by atoms with Gasteiger partial charge in [0, 0.05) is 22.4 Å². The van der Waals surface area contributed by atoms with Crippen molar-refractivity contribution in [3.63, 3.8) is 0 Å². The molecule has 1 aromatic heterocycles. The van der Waals surface area contributed by atoms with Crippen molar-refractivity contribution >= 4 is 34.5 Å². The predicted molar refractivity (Wildman–Crippen MR) is 85.6 cm³/mol. The molecule has 0 spiro atoms. The molecule has 0 aliphatic heterocycles. The maximum atomic E-state index is 6.12. The van der Waals surface area contributed by atoms with Gasteiger partial charge < -0.3 is 5.32 Å². The quantitative estimate of drug-likeness (QED) is 0.794. The van der Waals surface area contributed by atoms with Crippen LogP contribution in [0.5, 0.6) is 0 Å². The topological polar surface area (TPSA) is 12.0 Å². The molecule has 1 nitrogen and oxygen atoms in total. The minimum absolute atomic E-state index is 0.276. The summed E-state index contributed by atoms with van der Waals surface area (Å²) >= 11 is 13.8. The van der Waals surface area contributed by atoms with Crippen LogP contribution in [0.4, 0.5) is 0 Å². The molecule has 0 aliphatic rings. The molecule has 102 valence electrons. The van der Waals surface area contributed by atoms with Gasteiger partial charge in [0.05, 0.1) is 4.34 Å². The van der Waals surface area contributed by atoms with Gasteiger partial charge >= 0.3 is 0 Å². The summed E-state index contributed by atoms with van der Waals surface area (Å²) in [7, 11) is 0. The smallest absolute Gasteiger partial charge is 0.0931 e. The second kappa shape index (κ2) is 6.76. The van der Waals surface area contributed by atoms with Crippen molar-refractivity contribution in [3.8, 4) is 0 Å². The Morgan fingerprint density at radius 1 is 1.21 bits per heavy atom. The molecule has 0 radical (unpaired) electrons. The fraction of sp³-hybridized carbons (Fsp3) is 0.333. The summed E-state index contributed by atoms with van der Waals surface area (Å²) in [4.78, 5) is 1.29. The minimum atomic E-state index is 0.276. The molecule has 0 aliphatic carbocycles. The number of hydrogen-bond donors (Lipinski definition) is 1. The summed E-state index contributed by atoms with van der Waals surface area (Å²) < 4.78 is 0.841. The number of rotatable bonds is 5. The molecule has 19 heavy (non-hydrogen) atoms. The molecular weight excluding hydrogens is 297 g/mol. The van der Waals surface area contributed by atoms with E-state index in [2.05, 4.69) is 37.4 Å². The fourth-order valence-corrected chi connectivity index (χ4v) is 3.50. The molecule has 0 bridgehead atoms. The SMILES string of the molecule is CCNC(Cc1ccc(Cl)s1)c1cc(Cl)ccc1C. The van der Waals surface area contributed by atoms with Gasteiger partial charge in [-0.1, -0.05) is 36.2 Å². The average molecular weight is 314 g/mol. The number of benzene rings is 1. The van der Waals surface area contributed by atoms with Gasteiger partial charge in [-0.05, 0) is 48.9 Å². The molecule has 4 heteroatoms. The number of thiophene rings is 1. The second-order valence-corrected chi connectivity index (χ2v) is 6.76. The highest BCUT2D eigenvalue weighted by Crippen LogP contribution is 2.29. The van der Waals surface area contributed by atoms with E-state index in [1.807, 2.05) is 12.1 Å². The molecule has 0 saturated heterocycles. The third-order valence-electron chi connectivity index (χ3n) is 3.10. The van der Waals surface area contributed by atoms with Crippen molar-refractivity contribution < 1.29 is 0 Å². The summed E-state index contributed by atoms with van der Waals surface area (Å²) in [5, 5.41) is 4.31. The minimum Gasteiger partial charge on any atom is -0.310 e. The van der Waals surface area contributed by atoms with Crippen LogP contribution >= 0.6 is 34.5 Å². The third kappa shape index (κ3) is 3.96. The van der Waals surface area contributed by atoms with E-state index in [9.17, 15) is 0 Å². The standard InChI is InChI=1S/C15H17Cl2NS/c1-3-18-14(9-12-6-7-15(17)19-12)13-8-11(16)5-4-10(13)2/h4-8,14,18H,3,9H2,1-2H3. The molecule has 0 saturated carbocycles. The highest BCUT2D eigenvalue weighted by Gasteiger charge is 2.15. The Bertz CT molecular complexity index is 551. The van der Waals surface area contributed by atoms with E-state index in [4.69, 9.17) is 23.2 Å². The van der Waals surface area contributed by atoms with E-state index in [1.165, 1.54) is 16.0 Å². The Kier molecular flexibility index (Phi) is 5.28. The van der Waals surface area contributed by atoms with Gasteiger partial charge in [-0.15, -0.1) is 11.3 Å². The van der Waals surface area contributed by atoms with Crippen LogP contribution in [0.1, 0.15) is 29.0 Å². The second-order valence-electron chi connectivity index (χ2n) is 4.52. The van der Waals surface area contributed by atoms with E-state index in [1.54, 1.807) is 11.3 Å². The molecule has 1 aromatic carbocycles. The van der Waals surface area contributed by atoms with Crippen molar-refractivity contribution in [2.75, 3.05) is 6.54 Å². The van der Waals surface area contributed by atoms with E-state index >= 15 is 0 Å². The molecule has 1 atom stereocenters. The molecule has 1 heterocycles. The summed E-state index contributed by atoms with van der Waals surface area (Å²) in [5.41, 5.74) is 2.52. The van der Waals surface area contributed by atoms with Crippen LogP contribution in [0, 0.1) is 6.92 Å². The van der Waals surface area contributed by atoms with Gasteiger partial charge in [-0.25, -0.2) is 0 Å². The lowest BCUT2D eigenvalue weighted by Crippen LogP contribution is -2.23. The van der Waals surface area contributed by atoms with Crippen LogP contribution < -0.4 is 5.32 Å². The van der Waals surface area contributed by atoms with Gasteiger partial charge in [-0.2, -0.15) is 0 Å². The molecule has 2 aromatic rings. The normalized spacial score (nSPS) is 12.6. The zero-order valence-corrected chi connectivity index (χ0v) is 13.4. The predicted octanol–water partition coefficient (Wildman–Crippen LogP) is 5.26. The van der Waals surface area contributed by atoms with Crippen LogP contribution in [0.3, 0.4) is 0 Å². The van der Waals surface area contributed by atoms with Crippen LogP contribution in [0.25, 0.3) is 0 Å². The van der Waals surface area contributed by atoms with Crippen LogP contribution in [0.2, 0.25) is 9.36 Å². The average Bonchev–Trinajstić information content (AvgIpc) is 2.77.